The van der Waals surface area contributed by atoms with Crippen molar-refractivity contribution in [3.8, 4) is 34.5 Å². The van der Waals surface area contributed by atoms with E-state index in [2.05, 4.69) is 38.4 Å². The maximum absolute atomic E-state index is 13.2. The molecule has 2 aliphatic rings. The molecule has 40 heteroatoms. The van der Waals surface area contributed by atoms with E-state index in [0.717, 1.165) is 83.0 Å². The maximum atomic E-state index is 13.2. The average molecular weight is 1330 g/mol. The van der Waals surface area contributed by atoms with E-state index < -0.39 is 124 Å². The molecule has 0 saturated carbocycles. The fraction of sp³-hybridized carbons (Fsp3) is 0.106. The highest BCUT2D eigenvalue weighted by Gasteiger charge is 2.40. The van der Waals surface area contributed by atoms with Crippen LogP contribution in [0.1, 0.15) is 36.6 Å². The molecule has 0 unspecified atom stereocenters. The van der Waals surface area contributed by atoms with Crippen molar-refractivity contribution >= 4 is 108 Å². The molecule has 0 saturated heterocycles. The molecule has 87 heavy (non-hydrogen) atoms. The summed E-state index contributed by atoms with van der Waals surface area (Å²) in [7, 11) is -22.6. The second-order valence-corrected chi connectivity index (χ2v) is 26.7. The molecule has 6 aromatic carbocycles. The predicted octanol–water partition coefficient (Wildman–Crippen LogP) is 1.94. The number of amides is 3. The summed E-state index contributed by atoms with van der Waals surface area (Å²) < 4.78 is 184. The van der Waals surface area contributed by atoms with E-state index in [9.17, 15) is 79.6 Å². The number of hydrazine groups is 3. The van der Waals surface area contributed by atoms with Gasteiger partial charge >= 0.3 is 48.4 Å². The first kappa shape index (κ1) is 68.3. The minimum atomic E-state index is -4.50. The standard InChI is InChI=1S/C16H16N2O10S2.C16H14N2O9S2.C14H12N2O7S2.CO2/c1-26-29(22,23)14-7-10(16(20)21)3-5-12(14)28-13-6-4-11(18-17-9-19)8-15(13)30(24,25)27-2;1-8-3-10(18-17-7-19)6-12-14(8)27-15-11(28(12,22)23)4-9(16(20)21)5-13(15)29(24,25)26-2;1-22-25(20,21)12-7-8(14(17)16-15)6-11-13(12)23-9-4-2-3-5-10(9)24(11,18)19;2-1-3/h3-9,18H,1-2H3,(H,17,19)(H,20,21);3-7,18H,1-2H3,(H,17,19)(H,20,21);2-7H,15H2,1H3,(H,16,17);. The molecule has 2 heterocycles. The van der Waals surface area contributed by atoms with Crippen LogP contribution in [0.3, 0.4) is 0 Å². The number of nitrogens with two attached hydrogens (primary N) is 1. The lowest BCUT2D eigenvalue weighted by molar-refractivity contribution is -0.191. The number of carbonyl (C=O) groups excluding carboxylic acids is 5. The number of fused-ring (bicyclic) bond motifs is 4. The molecule has 9 N–H and O–H groups in total. The topological polar surface area (TPSA) is 516 Å². The van der Waals surface area contributed by atoms with Gasteiger partial charge in [-0.2, -0.15) is 43.3 Å². The number of anilines is 2. The van der Waals surface area contributed by atoms with Crippen molar-refractivity contribution in [1.82, 2.24) is 16.3 Å². The third-order valence-corrected chi connectivity index (χ3v) is 19.9. The Labute approximate surface area is 492 Å². The molecule has 0 atom stereocenters. The van der Waals surface area contributed by atoms with Gasteiger partial charge in [-0.15, -0.1) is 0 Å². The van der Waals surface area contributed by atoms with Gasteiger partial charge in [0.25, 0.3) is 16.0 Å². The molecule has 0 aromatic heterocycles. The van der Waals surface area contributed by atoms with Crippen molar-refractivity contribution in [2.45, 2.75) is 46.1 Å². The molecule has 8 rings (SSSR count). The summed E-state index contributed by atoms with van der Waals surface area (Å²) in [6, 6.07) is 18.4. The van der Waals surface area contributed by atoms with Crippen LogP contribution in [0, 0.1) is 6.92 Å². The lowest BCUT2D eigenvalue weighted by Gasteiger charge is -2.24. The van der Waals surface area contributed by atoms with Crippen molar-refractivity contribution in [2.24, 2.45) is 5.84 Å². The number of para-hydroxylation sites is 1. The number of nitrogens with one attached hydrogen (secondary N) is 5. The number of aryl methyl sites for hydroxylation is 1. The maximum Gasteiger partial charge on any atom is 0.373 e. The summed E-state index contributed by atoms with van der Waals surface area (Å²) in [6.07, 6.45) is 0.914. The van der Waals surface area contributed by atoms with E-state index >= 15 is 0 Å². The number of carbonyl (C=O) groups is 5. The molecular formula is C47H42N6O28S6. The van der Waals surface area contributed by atoms with Crippen molar-refractivity contribution in [1.29, 1.82) is 0 Å². The largest absolute Gasteiger partial charge is 0.478 e. The third kappa shape index (κ3) is 14.8. The molecule has 0 aliphatic carbocycles. The zero-order chi connectivity index (χ0) is 65.2. The molecule has 3 amide bonds. The van der Waals surface area contributed by atoms with Crippen molar-refractivity contribution in [2.75, 3.05) is 39.3 Å². The summed E-state index contributed by atoms with van der Waals surface area (Å²) in [5, 5.41) is 18.4. The molecule has 0 fully saturated rings. The fourth-order valence-electron chi connectivity index (χ4n) is 7.30. The Morgan fingerprint density at radius 3 is 1.46 bits per heavy atom. The minimum Gasteiger partial charge on any atom is -0.478 e. The van der Waals surface area contributed by atoms with E-state index in [0.29, 0.717) is 18.4 Å². The zero-order valence-corrected chi connectivity index (χ0v) is 49.3. The van der Waals surface area contributed by atoms with Gasteiger partial charge in [-0.3, -0.25) is 58.2 Å². The van der Waals surface area contributed by atoms with Gasteiger partial charge in [0, 0.05) is 5.56 Å². The van der Waals surface area contributed by atoms with Crippen LogP contribution in [-0.2, 0) is 96.1 Å². The Hall–Kier alpha value is -9.45. The Morgan fingerprint density at radius 1 is 0.529 bits per heavy atom. The number of aromatic carboxylic acids is 2. The van der Waals surface area contributed by atoms with Crippen LogP contribution in [0.25, 0.3) is 0 Å². The summed E-state index contributed by atoms with van der Waals surface area (Å²) >= 11 is 0. The van der Waals surface area contributed by atoms with Gasteiger partial charge < -0.3 is 24.4 Å². The van der Waals surface area contributed by atoms with E-state index in [-0.39, 0.29) is 61.4 Å². The van der Waals surface area contributed by atoms with Crippen LogP contribution < -0.4 is 47.2 Å². The number of rotatable bonds is 19. The van der Waals surface area contributed by atoms with Gasteiger partial charge in [-0.25, -0.2) is 32.3 Å². The summed E-state index contributed by atoms with van der Waals surface area (Å²) in [4.78, 5) is 67.5. The van der Waals surface area contributed by atoms with Gasteiger partial charge in [0.15, 0.2) is 11.5 Å². The summed E-state index contributed by atoms with van der Waals surface area (Å²) in [6.45, 7) is 1.52. The second kappa shape index (κ2) is 27.3. The van der Waals surface area contributed by atoms with Gasteiger partial charge in [-0.1, -0.05) is 12.1 Å². The smallest absolute Gasteiger partial charge is 0.373 e. The van der Waals surface area contributed by atoms with Gasteiger partial charge in [0.1, 0.15) is 62.2 Å². The minimum absolute atomic E-state index is 0.0291. The molecule has 0 spiro atoms. The number of nitrogen functional groups attached to an aromatic ring is 1. The van der Waals surface area contributed by atoms with Gasteiger partial charge in [-0.05, 0) is 97.4 Å². The first-order valence-electron chi connectivity index (χ1n) is 22.7. The number of benzene rings is 6. The molecule has 2 aliphatic heterocycles. The third-order valence-electron chi connectivity index (χ3n) is 11.2. The average Bonchev–Trinajstić information content (AvgIpc) is 0.777. The van der Waals surface area contributed by atoms with Crippen LogP contribution in [0.15, 0.2) is 136 Å². The van der Waals surface area contributed by atoms with E-state index in [1.54, 1.807) is 6.07 Å². The first-order chi connectivity index (χ1) is 40.7. The number of carboxylic acid groups (broad SMARTS) is 2. The van der Waals surface area contributed by atoms with Crippen LogP contribution in [0.4, 0.5) is 11.4 Å². The summed E-state index contributed by atoms with van der Waals surface area (Å²) in [5.74, 6) is -0.622. The number of carboxylic acids is 2. The zero-order valence-electron chi connectivity index (χ0n) is 44.4. The number of hydrogen-bond donors (Lipinski definition) is 8. The van der Waals surface area contributed by atoms with Crippen LogP contribution >= 0.6 is 0 Å². The highest BCUT2D eigenvalue weighted by Crippen LogP contribution is 2.49. The second-order valence-electron chi connectivity index (χ2n) is 16.2. The molecule has 34 nitrogen and oxygen atoms in total. The summed E-state index contributed by atoms with van der Waals surface area (Å²) in [5.41, 5.74) is 10.5. The van der Waals surface area contributed by atoms with Crippen LogP contribution in [-0.4, -0.2) is 126 Å². The lowest BCUT2D eigenvalue weighted by Crippen LogP contribution is -2.30. The van der Waals surface area contributed by atoms with Crippen molar-refractivity contribution in [3.05, 3.63) is 119 Å². The Morgan fingerprint density at radius 2 is 0.954 bits per heavy atom. The van der Waals surface area contributed by atoms with Crippen molar-refractivity contribution in [3.63, 3.8) is 0 Å². The number of hydrogen-bond acceptors (Lipinski definition) is 29. The van der Waals surface area contributed by atoms with Crippen LogP contribution in [0.5, 0.6) is 34.5 Å². The van der Waals surface area contributed by atoms with E-state index in [1.807, 2.05) is 5.43 Å². The molecular weight excluding hydrogens is 1290 g/mol. The van der Waals surface area contributed by atoms with E-state index in [1.165, 1.54) is 43.3 Å². The van der Waals surface area contributed by atoms with Gasteiger partial charge in [0.05, 0.1) is 50.9 Å². The molecule has 0 bridgehead atoms. The first-order valence-corrected chi connectivity index (χ1v) is 31.3. The Kier molecular flexibility index (Phi) is 21.4. The Bertz CT molecular complexity index is 4520. The predicted molar refractivity (Wildman–Crippen MR) is 288 cm³/mol. The lowest BCUT2D eigenvalue weighted by atomic mass is 10.2. The number of sulfone groups is 2. The normalized spacial score (nSPS) is 13.0. The van der Waals surface area contributed by atoms with Crippen LogP contribution in [0.2, 0.25) is 0 Å². The molecule has 0 radical (unpaired) electrons. The van der Waals surface area contributed by atoms with Gasteiger partial charge in [0.2, 0.25) is 32.5 Å². The highest BCUT2D eigenvalue weighted by molar-refractivity contribution is 7.92. The Balaban J connectivity index is 0.000000233. The quantitative estimate of drug-likeness (QED) is 0.0188. The molecule has 464 valence electrons. The number of ether oxygens (including phenoxy) is 3. The monoisotopic (exact) mass is 1330 g/mol. The molecule has 6 aromatic rings. The fourth-order valence-corrected chi connectivity index (χ4v) is 13.9. The SMILES string of the molecule is COS(=O)(=O)c1cc(C(=O)NN)cc2c1Oc1ccccc1S2(=O)=O.COS(=O)(=O)c1cc(C(=O)O)cc2c1Oc1c(C)cc(NNC=O)cc1S2(=O)=O.COS(=O)(=O)c1cc(NNC=O)ccc1Oc1ccc(C(=O)O)cc1S(=O)(=O)OC.O=C=O. The highest BCUT2D eigenvalue weighted by atomic mass is 32.2. The van der Waals surface area contributed by atoms with E-state index in [4.69, 9.17) is 34.7 Å². The van der Waals surface area contributed by atoms with Crippen molar-refractivity contribution < 1.29 is 125 Å².